The van der Waals surface area contributed by atoms with E-state index < -0.39 is 0 Å². The molecule has 2 fully saturated rings. The first-order chi connectivity index (χ1) is 17.0. The molecular formula is C29H34N2O4. The average molecular weight is 475 g/mol. The Labute approximate surface area is 207 Å². The minimum Gasteiger partial charge on any atom is -0.507 e. The second-order valence-electron chi connectivity index (χ2n) is 9.40. The molecule has 0 spiro atoms. The topological polar surface area (TPSA) is 81.1 Å². The summed E-state index contributed by atoms with van der Waals surface area (Å²) in [6, 6.07) is 10.7. The number of carbonyl (C=O) groups is 2. The number of carbonyl (C=O) groups excluding carboxylic acids is 2. The summed E-state index contributed by atoms with van der Waals surface area (Å²) in [6.45, 7) is 3.15. The minimum absolute atomic E-state index is 0.0245. The van der Waals surface area contributed by atoms with Crippen molar-refractivity contribution >= 4 is 24.0 Å². The Balaban J connectivity index is 1.44. The van der Waals surface area contributed by atoms with Crippen LogP contribution in [0.15, 0.2) is 48.6 Å². The summed E-state index contributed by atoms with van der Waals surface area (Å²) in [6.07, 6.45) is 13.5. The van der Waals surface area contributed by atoms with Crippen molar-refractivity contribution in [3.63, 3.8) is 0 Å². The van der Waals surface area contributed by atoms with Crippen molar-refractivity contribution in [1.29, 1.82) is 0 Å². The number of likely N-dealkylation sites (tertiary alicyclic amines) is 2. The Kier molecular flexibility index (Phi) is 8.24. The van der Waals surface area contributed by atoms with E-state index >= 15 is 0 Å². The van der Waals surface area contributed by atoms with Crippen molar-refractivity contribution in [3.8, 4) is 11.5 Å². The zero-order valence-electron chi connectivity index (χ0n) is 20.2. The molecule has 6 nitrogen and oxygen atoms in total. The van der Waals surface area contributed by atoms with Crippen molar-refractivity contribution in [2.45, 2.75) is 44.9 Å². The highest BCUT2D eigenvalue weighted by atomic mass is 16.3. The molecule has 0 aromatic heterocycles. The van der Waals surface area contributed by atoms with E-state index in [0.29, 0.717) is 17.5 Å². The van der Waals surface area contributed by atoms with E-state index in [-0.39, 0.29) is 23.3 Å². The van der Waals surface area contributed by atoms with Crippen LogP contribution in [0.25, 0.3) is 12.2 Å². The SMILES string of the molecule is O=C(C=Cc1cc(Cc2ccc(O)c(C=CC(=O)N3CCCCC3)c2)ccc1O)N1CCCCC1. The molecule has 6 heteroatoms. The van der Waals surface area contributed by atoms with E-state index in [1.54, 1.807) is 24.3 Å². The van der Waals surface area contributed by atoms with E-state index in [4.69, 9.17) is 0 Å². The predicted molar refractivity (Wildman–Crippen MR) is 138 cm³/mol. The lowest BCUT2D eigenvalue weighted by molar-refractivity contribution is -0.127. The fourth-order valence-electron chi connectivity index (χ4n) is 4.69. The van der Waals surface area contributed by atoms with Gasteiger partial charge in [0.05, 0.1) is 0 Å². The molecule has 35 heavy (non-hydrogen) atoms. The third-order valence-corrected chi connectivity index (χ3v) is 6.74. The van der Waals surface area contributed by atoms with Gasteiger partial charge in [-0.3, -0.25) is 9.59 Å². The van der Waals surface area contributed by atoms with Crippen molar-refractivity contribution in [2.75, 3.05) is 26.2 Å². The van der Waals surface area contributed by atoms with Crippen molar-refractivity contribution in [3.05, 3.63) is 70.8 Å². The number of phenols is 2. The lowest BCUT2D eigenvalue weighted by Crippen LogP contribution is -2.34. The molecule has 2 amide bonds. The van der Waals surface area contributed by atoms with Crippen molar-refractivity contribution in [2.24, 2.45) is 0 Å². The lowest BCUT2D eigenvalue weighted by Gasteiger charge is -2.25. The van der Waals surface area contributed by atoms with Gasteiger partial charge in [-0.15, -0.1) is 0 Å². The van der Waals surface area contributed by atoms with E-state index in [1.807, 2.05) is 34.1 Å². The monoisotopic (exact) mass is 474 g/mol. The fraction of sp³-hybridized carbons (Fsp3) is 0.379. The van der Waals surface area contributed by atoms with Gasteiger partial charge >= 0.3 is 0 Å². The number of rotatable bonds is 6. The van der Waals surface area contributed by atoms with Crippen molar-refractivity contribution in [1.82, 2.24) is 9.80 Å². The number of benzene rings is 2. The quantitative estimate of drug-likeness (QED) is 0.593. The molecule has 0 radical (unpaired) electrons. The molecule has 2 aromatic rings. The number of aromatic hydroxyl groups is 2. The third kappa shape index (κ3) is 6.75. The second kappa shape index (κ2) is 11.7. The summed E-state index contributed by atoms with van der Waals surface area (Å²) in [5, 5.41) is 20.6. The standard InChI is InChI=1S/C29H34N2O4/c32-26-11-7-22(20-24(26)9-13-28(34)30-15-3-1-4-16-30)19-23-8-12-27(33)25(21-23)10-14-29(35)31-17-5-2-6-18-31/h7-14,20-21,32-33H,1-6,15-19H2. The number of hydrogen-bond acceptors (Lipinski definition) is 4. The normalized spacial score (nSPS) is 16.8. The van der Waals surface area contributed by atoms with Gasteiger partial charge < -0.3 is 20.0 Å². The van der Waals surface area contributed by atoms with Gasteiger partial charge in [0.1, 0.15) is 11.5 Å². The molecule has 2 heterocycles. The van der Waals surface area contributed by atoms with E-state index in [0.717, 1.165) is 63.0 Å². The van der Waals surface area contributed by atoms with Crippen LogP contribution in [-0.2, 0) is 16.0 Å². The van der Waals surface area contributed by atoms with Crippen LogP contribution in [0.5, 0.6) is 11.5 Å². The summed E-state index contributed by atoms with van der Waals surface area (Å²) in [5.74, 6) is 0.205. The van der Waals surface area contributed by atoms with E-state index in [2.05, 4.69) is 0 Å². The third-order valence-electron chi connectivity index (χ3n) is 6.74. The fourth-order valence-corrected chi connectivity index (χ4v) is 4.69. The summed E-state index contributed by atoms with van der Waals surface area (Å²) in [5.41, 5.74) is 3.13. The molecular weight excluding hydrogens is 440 g/mol. The van der Waals surface area contributed by atoms with Crippen LogP contribution in [0.1, 0.15) is 60.8 Å². The van der Waals surface area contributed by atoms with Crippen LogP contribution in [0.3, 0.4) is 0 Å². The van der Waals surface area contributed by atoms with Crippen molar-refractivity contribution < 1.29 is 19.8 Å². The van der Waals surface area contributed by atoms with Gasteiger partial charge in [-0.1, -0.05) is 12.1 Å². The highest BCUT2D eigenvalue weighted by Crippen LogP contribution is 2.25. The van der Waals surface area contributed by atoms with Crippen LogP contribution in [0.4, 0.5) is 0 Å². The first-order valence-corrected chi connectivity index (χ1v) is 12.6. The van der Waals surface area contributed by atoms with Gasteiger partial charge in [-0.05, 0) is 92.5 Å². The van der Waals surface area contributed by atoms with Crippen LogP contribution < -0.4 is 0 Å². The largest absolute Gasteiger partial charge is 0.507 e. The molecule has 2 saturated heterocycles. The Hall–Kier alpha value is -3.54. The summed E-state index contributed by atoms with van der Waals surface area (Å²) < 4.78 is 0. The molecule has 184 valence electrons. The Morgan fingerprint density at radius 2 is 1.06 bits per heavy atom. The molecule has 4 rings (SSSR count). The Morgan fingerprint density at radius 3 is 1.46 bits per heavy atom. The van der Waals surface area contributed by atoms with Gasteiger partial charge in [0.15, 0.2) is 0 Å². The highest BCUT2D eigenvalue weighted by molar-refractivity contribution is 5.92. The number of amides is 2. The number of phenolic OH excluding ortho intramolecular Hbond substituents is 2. The molecule has 0 bridgehead atoms. The minimum atomic E-state index is -0.0245. The lowest BCUT2D eigenvalue weighted by atomic mass is 9.99. The summed E-state index contributed by atoms with van der Waals surface area (Å²) >= 11 is 0. The molecule has 2 aliphatic rings. The predicted octanol–water partition coefficient (Wildman–Crippen LogP) is 4.74. The average Bonchev–Trinajstić information content (AvgIpc) is 2.90. The summed E-state index contributed by atoms with van der Waals surface area (Å²) in [7, 11) is 0. The first kappa shape index (κ1) is 24.6. The highest BCUT2D eigenvalue weighted by Gasteiger charge is 2.15. The molecule has 0 aliphatic carbocycles. The van der Waals surface area contributed by atoms with Gasteiger partial charge in [-0.25, -0.2) is 0 Å². The van der Waals surface area contributed by atoms with Crippen LogP contribution in [-0.4, -0.2) is 58.0 Å². The van der Waals surface area contributed by atoms with Gasteiger partial charge in [0.25, 0.3) is 0 Å². The number of nitrogens with zero attached hydrogens (tertiary/aromatic N) is 2. The zero-order valence-corrected chi connectivity index (χ0v) is 20.2. The molecule has 0 atom stereocenters. The molecule has 0 unspecified atom stereocenters. The molecule has 2 aromatic carbocycles. The maximum absolute atomic E-state index is 12.4. The van der Waals surface area contributed by atoms with E-state index in [1.165, 1.54) is 25.0 Å². The van der Waals surface area contributed by atoms with Crippen LogP contribution >= 0.6 is 0 Å². The maximum Gasteiger partial charge on any atom is 0.246 e. The van der Waals surface area contributed by atoms with Gasteiger partial charge in [-0.2, -0.15) is 0 Å². The molecule has 2 N–H and O–H groups in total. The second-order valence-corrected chi connectivity index (χ2v) is 9.40. The molecule has 0 saturated carbocycles. The van der Waals surface area contributed by atoms with Gasteiger partial charge in [0.2, 0.25) is 11.8 Å². The Morgan fingerprint density at radius 1 is 0.657 bits per heavy atom. The summed E-state index contributed by atoms with van der Waals surface area (Å²) in [4.78, 5) is 28.6. The zero-order chi connectivity index (χ0) is 24.6. The first-order valence-electron chi connectivity index (χ1n) is 12.6. The maximum atomic E-state index is 12.4. The van der Waals surface area contributed by atoms with E-state index in [9.17, 15) is 19.8 Å². The van der Waals surface area contributed by atoms with Gasteiger partial charge in [0, 0.05) is 49.5 Å². The van der Waals surface area contributed by atoms with Crippen LogP contribution in [0, 0.1) is 0 Å². The van der Waals surface area contributed by atoms with Crippen LogP contribution in [0.2, 0.25) is 0 Å². The number of piperidine rings is 2. The number of hydrogen-bond donors (Lipinski definition) is 2. The smallest absolute Gasteiger partial charge is 0.246 e. The molecule has 2 aliphatic heterocycles. The Bertz CT molecular complexity index is 1020.